The van der Waals surface area contributed by atoms with Gasteiger partial charge in [0, 0.05) is 11.3 Å². The topological polar surface area (TPSA) is 26.0 Å². The van der Waals surface area contributed by atoms with Crippen LogP contribution in [0.5, 0.6) is 0 Å². The Morgan fingerprint density at radius 1 is 0.882 bits per heavy atom. The molecule has 0 spiro atoms. The standard InChI is InChI=1S/C14H13F2N/c1-8-3-4-10(6-12(8)15)11-7-14(17)9(2)5-13(11)16/h3-7H,17H2,1-2H3. The van der Waals surface area contributed by atoms with Crippen LogP contribution in [0.3, 0.4) is 0 Å². The van der Waals surface area contributed by atoms with Gasteiger partial charge in [-0.15, -0.1) is 0 Å². The van der Waals surface area contributed by atoms with Gasteiger partial charge < -0.3 is 5.73 Å². The van der Waals surface area contributed by atoms with Gasteiger partial charge in [0.1, 0.15) is 11.6 Å². The summed E-state index contributed by atoms with van der Waals surface area (Å²) in [6.45, 7) is 3.40. The highest BCUT2D eigenvalue weighted by Gasteiger charge is 2.09. The Hall–Kier alpha value is -1.90. The van der Waals surface area contributed by atoms with Crippen molar-refractivity contribution in [2.45, 2.75) is 13.8 Å². The minimum Gasteiger partial charge on any atom is -0.398 e. The predicted octanol–water partition coefficient (Wildman–Crippen LogP) is 3.83. The van der Waals surface area contributed by atoms with Crippen molar-refractivity contribution in [3.05, 3.63) is 53.1 Å². The van der Waals surface area contributed by atoms with E-state index in [0.717, 1.165) is 0 Å². The minimum atomic E-state index is -0.389. The highest BCUT2D eigenvalue weighted by atomic mass is 19.1. The lowest BCUT2D eigenvalue weighted by Gasteiger charge is -2.08. The van der Waals surface area contributed by atoms with Crippen molar-refractivity contribution >= 4 is 5.69 Å². The fraction of sp³-hybridized carbons (Fsp3) is 0.143. The first-order valence-electron chi connectivity index (χ1n) is 5.31. The molecule has 88 valence electrons. The summed E-state index contributed by atoms with van der Waals surface area (Å²) in [5, 5.41) is 0. The Kier molecular flexibility index (Phi) is 2.84. The average molecular weight is 233 g/mol. The number of halogens is 2. The molecular weight excluding hydrogens is 220 g/mol. The lowest BCUT2D eigenvalue weighted by Crippen LogP contribution is -1.94. The zero-order chi connectivity index (χ0) is 12.6. The maximum atomic E-state index is 13.8. The number of benzene rings is 2. The number of rotatable bonds is 1. The van der Waals surface area contributed by atoms with Crippen molar-refractivity contribution in [3.63, 3.8) is 0 Å². The minimum absolute atomic E-state index is 0.326. The molecular formula is C14H13F2N. The quantitative estimate of drug-likeness (QED) is 0.744. The van der Waals surface area contributed by atoms with Crippen LogP contribution in [0.15, 0.2) is 30.3 Å². The van der Waals surface area contributed by atoms with Crippen LogP contribution in [0, 0.1) is 25.5 Å². The van der Waals surface area contributed by atoms with Crippen LogP contribution in [0.2, 0.25) is 0 Å². The number of hydrogen-bond donors (Lipinski definition) is 1. The van der Waals surface area contributed by atoms with E-state index in [1.165, 1.54) is 18.2 Å². The molecule has 0 atom stereocenters. The second-order valence-electron chi connectivity index (χ2n) is 4.15. The van der Waals surface area contributed by atoms with E-state index in [1.807, 2.05) is 0 Å². The molecule has 0 aliphatic carbocycles. The zero-order valence-electron chi connectivity index (χ0n) is 9.72. The summed E-state index contributed by atoms with van der Waals surface area (Å²) in [5.74, 6) is -0.735. The van der Waals surface area contributed by atoms with Gasteiger partial charge in [-0.3, -0.25) is 0 Å². The van der Waals surface area contributed by atoms with Gasteiger partial charge in [0.05, 0.1) is 0 Å². The first-order chi connectivity index (χ1) is 7.99. The smallest absolute Gasteiger partial charge is 0.131 e. The summed E-state index contributed by atoms with van der Waals surface area (Å²) in [7, 11) is 0. The van der Waals surface area contributed by atoms with Gasteiger partial charge in [-0.2, -0.15) is 0 Å². The molecule has 3 heteroatoms. The summed E-state index contributed by atoms with van der Waals surface area (Å²) >= 11 is 0. The van der Waals surface area contributed by atoms with Crippen LogP contribution < -0.4 is 5.73 Å². The van der Waals surface area contributed by atoms with Gasteiger partial charge in [0.25, 0.3) is 0 Å². The number of nitrogen functional groups attached to an aromatic ring is 1. The van der Waals surface area contributed by atoms with Crippen LogP contribution in [-0.2, 0) is 0 Å². The SMILES string of the molecule is Cc1cc(F)c(-c2ccc(C)c(F)c2)cc1N. The van der Waals surface area contributed by atoms with E-state index in [9.17, 15) is 8.78 Å². The molecule has 0 bridgehead atoms. The Morgan fingerprint density at radius 3 is 2.24 bits per heavy atom. The average Bonchev–Trinajstić information content (AvgIpc) is 2.27. The fourth-order valence-electron chi connectivity index (χ4n) is 1.67. The van der Waals surface area contributed by atoms with Gasteiger partial charge in [-0.05, 0) is 48.7 Å². The third-order valence-electron chi connectivity index (χ3n) is 2.84. The summed E-state index contributed by atoms with van der Waals surface area (Å²) < 4.78 is 27.2. The van der Waals surface area contributed by atoms with Gasteiger partial charge in [-0.1, -0.05) is 12.1 Å². The summed E-state index contributed by atoms with van der Waals surface area (Å²) in [6, 6.07) is 7.53. The Labute approximate surface area is 98.9 Å². The molecule has 0 aliphatic heterocycles. The molecule has 0 aliphatic rings. The van der Waals surface area contributed by atoms with Crippen molar-refractivity contribution in [3.8, 4) is 11.1 Å². The van der Waals surface area contributed by atoms with E-state index in [4.69, 9.17) is 5.73 Å². The molecule has 17 heavy (non-hydrogen) atoms. The van der Waals surface area contributed by atoms with Gasteiger partial charge in [-0.25, -0.2) is 8.78 Å². The van der Waals surface area contributed by atoms with Crippen molar-refractivity contribution in [2.75, 3.05) is 5.73 Å². The van der Waals surface area contributed by atoms with Gasteiger partial charge >= 0.3 is 0 Å². The third-order valence-corrected chi connectivity index (χ3v) is 2.84. The molecule has 0 saturated heterocycles. The maximum absolute atomic E-state index is 13.8. The molecule has 2 aromatic rings. The summed E-state index contributed by atoms with van der Waals surface area (Å²) in [5.41, 5.74) is 8.28. The predicted molar refractivity (Wildman–Crippen MR) is 65.7 cm³/mol. The van der Waals surface area contributed by atoms with Crippen LogP contribution in [0.25, 0.3) is 11.1 Å². The van der Waals surface area contributed by atoms with Crippen molar-refractivity contribution in [2.24, 2.45) is 0 Å². The van der Waals surface area contributed by atoms with Crippen molar-refractivity contribution < 1.29 is 8.78 Å². The molecule has 0 saturated carbocycles. The van der Waals surface area contributed by atoms with Crippen molar-refractivity contribution in [1.29, 1.82) is 0 Å². The molecule has 2 aromatic carbocycles. The molecule has 2 rings (SSSR count). The molecule has 0 heterocycles. The first-order valence-corrected chi connectivity index (χ1v) is 5.31. The third kappa shape index (κ3) is 2.13. The largest absolute Gasteiger partial charge is 0.398 e. The van der Waals surface area contributed by atoms with Crippen LogP contribution >= 0.6 is 0 Å². The van der Waals surface area contributed by atoms with Crippen LogP contribution in [0.1, 0.15) is 11.1 Å². The second-order valence-corrected chi connectivity index (χ2v) is 4.15. The summed E-state index contributed by atoms with van der Waals surface area (Å²) in [4.78, 5) is 0. The fourth-order valence-corrected chi connectivity index (χ4v) is 1.67. The normalized spacial score (nSPS) is 10.6. The highest BCUT2D eigenvalue weighted by molar-refractivity contribution is 5.69. The monoisotopic (exact) mass is 233 g/mol. The molecule has 1 nitrogen and oxygen atoms in total. The van der Waals surface area contributed by atoms with Crippen molar-refractivity contribution in [1.82, 2.24) is 0 Å². The Bertz CT molecular complexity index is 577. The van der Waals surface area contributed by atoms with Gasteiger partial charge in [0.2, 0.25) is 0 Å². The summed E-state index contributed by atoms with van der Waals surface area (Å²) in [6.07, 6.45) is 0. The van der Waals surface area contributed by atoms with E-state index < -0.39 is 0 Å². The van der Waals surface area contributed by atoms with Crippen LogP contribution in [0.4, 0.5) is 14.5 Å². The number of hydrogen-bond acceptors (Lipinski definition) is 1. The molecule has 0 radical (unpaired) electrons. The number of aryl methyl sites for hydroxylation is 2. The lowest BCUT2D eigenvalue weighted by atomic mass is 10.0. The van der Waals surface area contributed by atoms with E-state index in [2.05, 4.69) is 0 Å². The zero-order valence-corrected chi connectivity index (χ0v) is 9.72. The molecule has 0 fully saturated rings. The van der Waals surface area contributed by atoms with Crippen LogP contribution in [-0.4, -0.2) is 0 Å². The second kappa shape index (κ2) is 4.17. The van der Waals surface area contributed by atoms with Gasteiger partial charge in [0.15, 0.2) is 0 Å². The van der Waals surface area contributed by atoms with E-state index >= 15 is 0 Å². The number of nitrogens with two attached hydrogens (primary N) is 1. The Morgan fingerprint density at radius 2 is 1.59 bits per heavy atom. The molecule has 0 aromatic heterocycles. The first kappa shape index (κ1) is 11.6. The molecule has 2 N–H and O–H groups in total. The Balaban J connectivity index is 2.60. The highest BCUT2D eigenvalue weighted by Crippen LogP contribution is 2.28. The molecule has 0 amide bonds. The maximum Gasteiger partial charge on any atom is 0.131 e. The van der Waals surface area contributed by atoms with E-state index in [0.29, 0.717) is 27.9 Å². The number of anilines is 1. The molecule has 0 unspecified atom stereocenters. The van der Waals surface area contributed by atoms with E-state index in [1.54, 1.807) is 26.0 Å². The van der Waals surface area contributed by atoms with E-state index in [-0.39, 0.29) is 11.6 Å². The lowest BCUT2D eigenvalue weighted by molar-refractivity contribution is 0.617.